The van der Waals surface area contributed by atoms with E-state index in [2.05, 4.69) is 20.7 Å². The summed E-state index contributed by atoms with van der Waals surface area (Å²) in [6.45, 7) is 6.24. The maximum Gasteiger partial charge on any atom is 0.193 e. The molecule has 23 heavy (non-hydrogen) atoms. The van der Waals surface area contributed by atoms with Crippen molar-refractivity contribution in [1.29, 1.82) is 0 Å². The summed E-state index contributed by atoms with van der Waals surface area (Å²) in [5, 5.41) is 6.46. The van der Waals surface area contributed by atoms with E-state index in [9.17, 15) is 4.39 Å². The molecule has 1 N–H and O–H groups in total. The van der Waals surface area contributed by atoms with E-state index in [4.69, 9.17) is 0 Å². The van der Waals surface area contributed by atoms with Gasteiger partial charge in [0, 0.05) is 38.5 Å². The summed E-state index contributed by atoms with van der Waals surface area (Å²) in [5.74, 6) is 0.638. The van der Waals surface area contributed by atoms with E-state index in [0.717, 1.165) is 35.2 Å². The summed E-state index contributed by atoms with van der Waals surface area (Å²) < 4.78 is 13.0. The van der Waals surface area contributed by atoms with E-state index >= 15 is 0 Å². The fourth-order valence-corrected chi connectivity index (χ4v) is 2.85. The summed E-state index contributed by atoms with van der Waals surface area (Å²) in [7, 11) is 1.98. The molecule has 0 aliphatic heterocycles. The normalized spacial score (nSPS) is 11.6. The van der Waals surface area contributed by atoms with Crippen molar-refractivity contribution in [2.45, 2.75) is 26.8 Å². The highest BCUT2D eigenvalue weighted by Crippen LogP contribution is 2.09. The van der Waals surface area contributed by atoms with Crippen molar-refractivity contribution in [3.05, 3.63) is 51.7 Å². The highest BCUT2D eigenvalue weighted by molar-refractivity contribution is 7.09. The topological polar surface area (TPSA) is 40.5 Å². The standard InChI is InChI=1S/C17H23FN4S/c1-4-19-17(20-10-9-16-12-23-13(2)21-16)22(3)11-14-5-7-15(18)8-6-14/h5-8,12H,4,9-11H2,1-3H3,(H,19,20). The van der Waals surface area contributed by atoms with Crippen LogP contribution in [0, 0.1) is 12.7 Å². The first-order valence-corrected chi connectivity index (χ1v) is 8.61. The lowest BCUT2D eigenvalue weighted by Gasteiger charge is -2.22. The molecule has 0 amide bonds. The third-order valence-electron chi connectivity index (χ3n) is 3.33. The molecule has 2 rings (SSSR count). The Kier molecular flexibility index (Phi) is 6.52. The van der Waals surface area contributed by atoms with Gasteiger partial charge in [0.05, 0.1) is 10.7 Å². The van der Waals surface area contributed by atoms with Gasteiger partial charge in [-0.15, -0.1) is 11.3 Å². The number of halogens is 1. The quantitative estimate of drug-likeness (QED) is 0.651. The number of aryl methyl sites for hydroxylation is 1. The second-order valence-electron chi connectivity index (χ2n) is 5.33. The monoisotopic (exact) mass is 334 g/mol. The number of benzene rings is 1. The fourth-order valence-electron chi connectivity index (χ4n) is 2.21. The van der Waals surface area contributed by atoms with Crippen molar-refractivity contribution in [2.75, 3.05) is 20.1 Å². The van der Waals surface area contributed by atoms with Crippen LogP contribution in [0.2, 0.25) is 0 Å². The molecular weight excluding hydrogens is 311 g/mol. The molecular formula is C17H23FN4S. The van der Waals surface area contributed by atoms with Crippen molar-refractivity contribution in [3.8, 4) is 0 Å². The van der Waals surface area contributed by atoms with E-state index in [1.807, 2.05) is 25.8 Å². The molecule has 0 aliphatic carbocycles. The van der Waals surface area contributed by atoms with Crippen LogP contribution in [0.1, 0.15) is 23.2 Å². The van der Waals surface area contributed by atoms with Crippen LogP contribution in [-0.2, 0) is 13.0 Å². The second kappa shape index (κ2) is 8.62. The molecule has 0 radical (unpaired) electrons. The Labute approximate surface area is 141 Å². The van der Waals surface area contributed by atoms with Gasteiger partial charge in [0.25, 0.3) is 0 Å². The van der Waals surface area contributed by atoms with Gasteiger partial charge in [0.2, 0.25) is 0 Å². The van der Waals surface area contributed by atoms with Gasteiger partial charge in [0.1, 0.15) is 5.82 Å². The largest absolute Gasteiger partial charge is 0.357 e. The Hall–Kier alpha value is -1.95. The van der Waals surface area contributed by atoms with E-state index in [0.29, 0.717) is 13.1 Å². The summed E-state index contributed by atoms with van der Waals surface area (Å²) >= 11 is 1.67. The number of nitrogens with one attached hydrogen (secondary N) is 1. The van der Waals surface area contributed by atoms with Crippen LogP contribution in [0.15, 0.2) is 34.6 Å². The van der Waals surface area contributed by atoms with E-state index < -0.39 is 0 Å². The van der Waals surface area contributed by atoms with Gasteiger partial charge in [-0.05, 0) is 31.5 Å². The van der Waals surface area contributed by atoms with Crippen molar-refractivity contribution < 1.29 is 4.39 Å². The summed E-state index contributed by atoms with van der Waals surface area (Å²) in [5.41, 5.74) is 2.14. The van der Waals surface area contributed by atoms with Crippen LogP contribution >= 0.6 is 11.3 Å². The SMILES string of the molecule is CCNC(=NCCc1csc(C)n1)N(C)Cc1ccc(F)cc1. The highest BCUT2D eigenvalue weighted by Gasteiger charge is 2.07. The van der Waals surface area contributed by atoms with Crippen molar-refractivity contribution in [1.82, 2.24) is 15.2 Å². The Morgan fingerprint density at radius 1 is 1.35 bits per heavy atom. The molecule has 0 fully saturated rings. The maximum atomic E-state index is 13.0. The number of rotatable bonds is 6. The predicted octanol–water partition coefficient (Wildman–Crippen LogP) is 3.23. The minimum Gasteiger partial charge on any atom is -0.357 e. The molecule has 0 spiro atoms. The van der Waals surface area contributed by atoms with Crippen LogP contribution in [0.3, 0.4) is 0 Å². The van der Waals surface area contributed by atoms with Crippen LogP contribution in [-0.4, -0.2) is 36.0 Å². The van der Waals surface area contributed by atoms with Crippen molar-refractivity contribution in [3.63, 3.8) is 0 Å². The molecule has 124 valence electrons. The molecule has 4 nitrogen and oxygen atoms in total. The zero-order chi connectivity index (χ0) is 16.7. The molecule has 0 saturated heterocycles. The first kappa shape index (κ1) is 17.4. The number of nitrogens with zero attached hydrogens (tertiary/aromatic N) is 3. The van der Waals surface area contributed by atoms with Crippen LogP contribution in [0.4, 0.5) is 4.39 Å². The number of aliphatic imine (C=N–C) groups is 1. The Bertz CT molecular complexity index is 636. The van der Waals surface area contributed by atoms with Gasteiger partial charge < -0.3 is 10.2 Å². The molecule has 6 heteroatoms. The number of hydrogen-bond donors (Lipinski definition) is 1. The van der Waals surface area contributed by atoms with Gasteiger partial charge in [-0.3, -0.25) is 4.99 Å². The van der Waals surface area contributed by atoms with E-state index in [-0.39, 0.29) is 5.82 Å². The number of hydrogen-bond acceptors (Lipinski definition) is 3. The Balaban J connectivity index is 1.95. The van der Waals surface area contributed by atoms with Crippen LogP contribution in [0.5, 0.6) is 0 Å². The lowest BCUT2D eigenvalue weighted by atomic mass is 10.2. The van der Waals surface area contributed by atoms with Gasteiger partial charge in [-0.25, -0.2) is 9.37 Å². The highest BCUT2D eigenvalue weighted by atomic mass is 32.1. The zero-order valence-corrected chi connectivity index (χ0v) is 14.7. The average molecular weight is 334 g/mol. The van der Waals surface area contributed by atoms with Gasteiger partial charge in [-0.2, -0.15) is 0 Å². The first-order chi connectivity index (χ1) is 11.1. The lowest BCUT2D eigenvalue weighted by Crippen LogP contribution is -2.38. The van der Waals surface area contributed by atoms with E-state index in [1.54, 1.807) is 23.5 Å². The third kappa shape index (κ3) is 5.63. The number of aromatic nitrogens is 1. The molecule has 0 saturated carbocycles. The summed E-state index contributed by atoms with van der Waals surface area (Å²) in [6.07, 6.45) is 0.837. The van der Waals surface area contributed by atoms with Gasteiger partial charge in [-0.1, -0.05) is 12.1 Å². The Morgan fingerprint density at radius 3 is 2.70 bits per heavy atom. The molecule has 2 aromatic rings. The minimum absolute atomic E-state index is 0.212. The van der Waals surface area contributed by atoms with Crippen molar-refractivity contribution in [2.24, 2.45) is 4.99 Å². The zero-order valence-electron chi connectivity index (χ0n) is 13.8. The molecule has 1 aromatic carbocycles. The first-order valence-electron chi connectivity index (χ1n) is 7.73. The minimum atomic E-state index is -0.212. The number of guanidine groups is 1. The third-order valence-corrected chi connectivity index (χ3v) is 4.15. The lowest BCUT2D eigenvalue weighted by molar-refractivity contribution is 0.476. The molecule has 1 aromatic heterocycles. The smallest absolute Gasteiger partial charge is 0.193 e. The van der Waals surface area contributed by atoms with Gasteiger partial charge in [0.15, 0.2) is 5.96 Å². The molecule has 0 bridgehead atoms. The maximum absolute atomic E-state index is 13.0. The van der Waals surface area contributed by atoms with Crippen LogP contribution in [0.25, 0.3) is 0 Å². The average Bonchev–Trinajstić information content (AvgIpc) is 2.94. The van der Waals surface area contributed by atoms with E-state index in [1.165, 1.54) is 12.1 Å². The molecule has 0 unspecified atom stereocenters. The Morgan fingerprint density at radius 2 is 2.09 bits per heavy atom. The predicted molar refractivity (Wildman–Crippen MR) is 94.4 cm³/mol. The fraction of sp³-hybridized carbons (Fsp3) is 0.412. The second-order valence-corrected chi connectivity index (χ2v) is 6.39. The molecule has 1 heterocycles. The number of thiazole rings is 1. The summed E-state index contributed by atoms with van der Waals surface area (Å²) in [4.78, 5) is 11.2. The van der Waals surface area contributed by atoms with Crippen molar-refractivity contribution >= 4 is 17.3 Å². The van der Waals surface area contributed by atoms with Gasteiger partial charge >= 0.3 is 0 Å². The summed E-state index contributed by atoms with van der Waals surface area (Å²) in [6, 6.07) is 6.57. The molecule has 0 aliphatic rings. The molecule has 0 atom stereocenters. The van der Waals surface area contributed by atoms with Crippen LogP contribution < -0.4 is 5.32 Å².